The number of halogens is 2. The van der Waals surface area contributed by atoms with E-state index in [2.05, 4.69) is 47.5 Å². The van der Waals surface area contributed by atoms with Gasteiger partial charge in [-0.25, -0.2) is 4.79 Å². The minimum Gasteiger partial charge on any atom is -0.444 e. The van der Waals surface area contributed by atoms with Crippen LogP contribution in [-0.4, -0.2) is 29.1 Å². The molecule has 0 bridgehead atoms. The van der Waals surface area contributed by atoms with E-state index in [1.165, 1.54) is 0 Å². The SMILES string of the molecule is CC(C)(C)OC(=O)NCC(NC(=O)Cc1ccc(Br)cc1)c1c[nH]c2ccc(Br)cc12. The van der Waals surface area contributed by atoms with Crippen molar-refractivity contribution in [3.63, 3.8) is 0 Å². The molecule has 1 aromatic heterocycles. The molecule has 2 aromatic carbocycles. The topological polar surface area (TPSA) is 83.2 Å². The highest BCUT2D eigenvalue weighted by molar-refractivity contribution is 9.10. The summed E-state index contributed by atoms with van der Waals surface area (Å²) in [6.45, 7) is 5.62. The molecule has 31 heavy (non-hydrogen) atoms. The maximum atomic E-state index is 12.8. The lowest BCUT2D eigenvalue weighted by molar-refractivity contribution is -0.121. The lowest BCUT2D eigenvalue weighted by Crippen LogP contribution is -2.40. The standard InChI is InChI=1S/C23H25Br2N3O3/c1-23(2,3)31-22(30)27-13-20(18-12-26-19-9-8-16(25)11-17(18)19)28-21(29)10-14-4-6-15(24)7-5-14/h4-9,11-12,20,26H,10,13H2,1-3H3,(H,27,30)(H,28,29). The fraction of sp³-hybridized carbons (Fsp3) is 0.304. The van der Waals surface area contributed by atoms with Crippen molar-refractivity contribution in [3.8, 4) is 0 Å². The number of aromatic nitrogens is 1. The van der Waals surface area contributed by atoms with Crippen molar-refractivity contribution in [2.45, 2.75) is 38.8 Å². The molecule has 0 aliphatic rings. The molecule has 6 nitrogen and oxygen atoms in total. The van der Waals surface area contributed by atoms with Gasteiger partial charge in [-0.15, -0.1) is 0 Å². The molecule has 164 valence electrons. The van der Waals surface area contributed by atoms with Gasteiger partial charge in [-0.2, -0.15) is 0 Å². The third-order valence-corrected chi connectivity index (χ3v) is 5.54. The van der Waals surface area contributed by atoms with Crippen LogP contribution in [0.5, 0.6) is 0 Å². The highest BCUT2D eigenvalue weighted by Gasteiger charge is 2.22. The number of benzene rings is 2. The van der Waals surface area contributed by atoms with E-state index in [0.717, 1.165) is 31.0 Å². The molecular formula is C23H25Br2N3O3. The van der Waals surface area contributed by atoms with Gasteiger partial charge in [0, 0.05) is 38.2 Å². The first-order valence-electron chi connectivity index (χ1n) is 9.88. The number of ether oxygens (including phenoxy) is 1. The number of hydrogen-bond acceptors (Lipinski definition) is 3. The van der Waals surface area contributed by atoms with Crippen LogP contribution >= 0.6 is 31.9 Å². The lowest BCUT2D eigenvalue weighted by Gasteiger charge is -2.23. The Hall–Kier alpha value is -2.32. The van der Waals surface area contributed by atoms with Gasteiger partial charge < -0.3 is 20.4 Å². The van der Waals surface area contributed by atoms with Gasteiger partial charge >= 0.3 is 6.09 Å². The van der Waals surface area contributed by atoms with Crippen LogP contribution in [0.15, 0.2) is 57.6 Å². The first-order chi connectivity index (χ1) is 14.6. The Morgan fingerprint density at radius 3 is 2.42 bits per heavy atom. The molecule has 2 amide bonds. The summed E-state index contributed by atoms with van der Waals surface area (Å²) in [4.78, 5) is 28.2. The Kier molecular flexibility index (Phi) is 7.43. The molecule has 1 atom stereocenters. The maximum absolute atomic E-state index is 12.8. The Bertz CT molecular complexity index is 1070. The molecule has 0 aliphatic carbocycles. The van der Waals surface area contributed by atoms with E-state index >= 15 is 0 Å². The van der Waals surface area contributed by atoms with Crippen molar-refractivity contribution in [2.24, 2.45) is 0 Å². The predicted octanol–water partition coefficient (Wildman–Crippen LogP) is 5.62. The number of rotatable bonds is 6. The van der Waals surface area contributed by atoms with Gasteiger partial charge in [0.25, 0.3) is 0 Å². The van der Waals surface area contributed by atoms with Crippen LogP contribution in [0, 0.1) is 0 Å². The minimum atomic E-state index is -0.601. The highest BCUT2D eigenvalue weighted by atomic mass is 79.9. The average Bonchev–Trinajstić information content (AvgIpc) is 3.08. The predicted molar refractivity (Wildman–Crippen MR) is 129 cm³/mol. The number of H-pyrrole nitrogens is 1. The molecule has 0 aliphatic heterocycles. The number of alkyl carbamates (subject to hydrolysis) is 1. The maximum Gasteiger partial charge on any atom is 0.407 e. The quantitative estimate of drug-likeness (QED) is 0.372. The van der Waals surface area contributed by atoms with Gasteiger partial charge in [-0.3, -0.25) is 4.79 Å². The van der Waals surface area contributed by atoms with Gasteiger partial charge in [0.15, 0.2) is 0 Å². The summed E-state index contributed by atoms with van der Waals surface area (Å²) in [6, 6.07) is 13.1. The number of amides is 2. The van der Waals surface area contributed by atoms with Gasteiger partial charge in [-0.05, 0) is 56.7 Å². The highest BCUT2D eigenvalue weighted by Crippen LogP contribution is 2.27. The molecule has 1 heterocycles. The lowest BCUT2D eigenvalue weighted by atomic mass is 10.0. The Labute approximate surface area is 198 Å². The largest absolute Gasteiger partial charge is 0.444 e. The van der Waals surface area contributed by atoms with Crippen LogP contribution < -0.4 is 10.6 Å². The first kappa shape index (κ1) is 23.3. The van der Waals surface area contributed by atoms with Crippen LogP contribution in [0.2, 0.25) is 0 Å². The number of carbonyl (C=O) groups excluding carboxylic acids is 2. The fourth-order valence-electron chi connectivity index (χ4n) is 3.17. The van der Waals surface area contributed by atoms with E-state index < -0.39 is 17.7 Å². The zero-order valence-electron chi connectivity index (χ0n) is 17.6. The first-order valence-corrected chi connectivity index (χ1v) is 11.5. The Morgan fingerprint density at radius 2 is 1.74 bits per heavy atom. The molecular weight excluding hydrogens is 526 g/mol. The van der Waals surface area contributed by atoms with Crippen molar-refractivity contribution in [3.05, 3.63) is 68.7 Å². The molecule has 0 fully saturated rings. The molecule has 8 heteroatoms. The van der Waals surface area contributed by atoms with Crippen molar-refractivity contribution < 1.29 is 14.3 Å². The summed E-state index contributed by atoms with van der Waals surface area (Å²) in [5, 5.41) is 6.80. The Morgan fingerprint density at radius 1 is 1.06 bits per heavy atom. The monoisotopic (exact) mass is 549 g/mol. The molecule has 3 N–H and O–H groups in total. The molecule has 3 aromatic rings. The number of aromatic amines is 1. The summed E-state index contributed by atoms with van der Waals surface area (Å²) in [5.41, 5.74) is 2.14. The van der Waals surface area contributed by atoms with Crippen molar-refractivity contribution >= 4 is 54.8 Å². The van der Waals surface area contributed by atoms with E-state index in [-0.39, 0.29) is 18.9 Å². The molecule has 0 saturated carbocycles. The van der Waals surface area contributed by atoms with E-state index in [1.807, 2.05) is 48.7 Å². The van der Waals surface area contributed by atoms with E-state index in [4.69, 9.17) is 4.74 Å². The summed E-state index contributed by atoms with van der Waals surface area (Å²) in [6.07, 6.45) is 1.57. The van der Waals surface area contributed by atoms with Gasteiger partial charge in [-0.1, -0.05) is 44.0 Å². The van der Waals surface area contributed by atoms with Crippen LogP contribution in [0.4, 0.5) is 4.79 Å². The molecule has 0 spiro atoms. The summed E-state index contributed by atoms with van der Waals surface area (Å²) in [7, 11) is 0. The van der Waals surface area contributed by atoms with Crippen LogP contribution in [0.25, 0.3) is 10.9 Å². The van der Waals surface area contributed by atoms with Crippen LogP contribution in [-0.2, 0) is 16.0 Å². The van der Waals surface area contributed by atoms with Crippen molar-refractivity contribution in [1.29, 1.82) is 0 Å². The summed E-state index contributed by atoms with van der Waals surface area (Å²) >= 11 is 6.90. The second-order valence-electron chi connectivity index (χ2n) is 8.24. The molecule has 0 radical (unpaired) electrons. The normalized spacial score (nSPS) is 12.4. The molecule has 0 saturated heterocycles. The third-order valence-electron chi connectivity index (χ3n) is 4.51. The Balaban J connectivity index is 1.79. The fourth-order valence-corrected chi connectivity index (χ4v) is 3.80. The number of fused-ring (bicyclic) bond motifs is 1. The van der Waals surface area contributed by atoms with Crippen molar-refractivity contribution in [1.82, 2.24) is 15.6 Å². The summed E-state index contributed by atoms with van der Waals surface area (Å²) < 4.78 is 7.23. The average molecular weight is 551 g/mol. The molecule has 3 rings (SSSR count). The second kappa shape index (κ2) is 9.87. The van der Waals surface area contributed by atoms with Crippen LogP contribution in [0.3, 0.4) is 0 Å². The number of carbonyl (C=O) groups is 2. The zero-order valence-corrected chi connectivity index (χ0v) is 20.8. The number of nitrogens with one attached hydrogen (secondary N) is 3. The molecule has 1 unspecified atom stereocenters. The van der Waals surface area contributed by atoms with Gasteiger partial charge in [0.1, 0.15) is 5.60 Å². The zero-order chi connectivity index (χ0) is 22.6. The van der Waals surface area contributed by atoms with Gasteiger partial charge in [0.2, 0.25) is 5.91 Å². The minimum absolute atomic E-state index is 0.136. The third kappa shape index (κ3) is 6.83. The number of hydrogen-bond donors (Lipinski definition) is 3. The second-order valence-corrected chi connectivity index (χ2v) is 10.1. The van der Waals surface area contributed by atoms with E-state index in [0.29, 0.717) is 0 Å². The smallest absolute Gasteiger partial charge is 0.407 e. The van der Waals surface area contributed by atoms with Crippen molar-refractivity contribution in [2.75, 3.05) is 6.54 Å². The van der Waals surface area contributed by atoms with E-state index in [9.17, 15) is 9.59 Å². The van der Waals surface area contributed by atoms with Crippen LogP contribution in [0.1, 0.15) is 37.9 Å². The summed E-state index contributed by atoms with van der Waals surface area (Å²) in [5.74, 6) is -0.136. The van der Waals surface area contributed by atoms with Gasteiger partial charge in [0.05, 0.1) is 12.5 Å². The van der Waals surface area contributed by atoms with E-state index in [1.54, 1.807) is 20.8 Å².